The Hall–Kier alpha value is -1.16. The maximum Gasteiger partial charge on any atom is 0.225 e. The first-order valence-corrected chi connectivity index (χ1v) is 6.19. The van der Waals surface area contributed by atoms with Gasteiger partial charge in [0.2, 0.25) is 5.95 Å². The summed E-state index contributed by atoms with van der Waals surface area (Å²) >= 11 is 3.45. The predicted molar refractivity (Wildman–Crippen MR) is 68.6 cm³/mol. The van der Waals surface area contributed by atoms with Crippen LogP contribution in [0, 0.1) is 5.92 Å². The third kappa shape index (κ3) is 1.67. The van der Waals surface area contributed by atoms with E-state index in [0.29, 0.717) is 0 Å². The lowest BCUT2D eigenvalue weighted by Crippen LogP contribution is -2.46. The van der Waals surface area contributed by atoms with Crippen LogP contribution in [0.3, 0.4) is 0 Å². The summed E-state index contributed by atoms with van der Waals surface area (Å²) in [5.74, 6) is 1.62. The van der Waals surface area contributed by atoms with E-state index in [1.165, 1.54) is 0 Å². The smallest absolute Gasteiger partial charge is 0.225 e. The Morgan fingerprint density at radius 1 is 1.38 bits per heavy atom. The minimum atomic E-state index is 0.768. The van der Waals surface area contributed by atoms with Crippen molar-refractivity contribution in [1.82, 2.24) is 9.97 Å². The van der Waals surface area contributed by atoms with Gasteiger partial charge in [0.15, 0.2) is 0 Å². The third-order valence-electron chi connectivity index (χ3n) is 2.88. The van der Waals surface area contributed by atoms with Crippen LogP contribution in [0.5, 0.6) is 0 Å². The Labute approximate surface area is 103 Å². The molecule has 0 bridgehead atoms. The first-order chi connectivity index (χ1) is 7.72. The summed E-state index contributed by atoms with van der Waals surface area (Å²) in [6.45, 7) is 4.39. The molecule has 1 aliphatic heterocycles. The molecule has 1 saturated heterocycles. The number of rotatable bonds is 1. The zero-order chi connectivity index (χ0) is 11.1. The van der Waals surface area contributed by atoms with E-state index in [0.717, 1.165) is 40.3 Å². The molecule has 1 aromatic heterocycles. The molecule has 0 aliphatic carbocycles. The monoisotopic (exact) mass is 277 g/mol. The van der Waals surface area contributed by atoms with Gasteiger partial charge in [-0.15, -0.1) is 0 Å². The van der Waals surface area contributed by atoms with Crippen LogP contribution < -0.4 is 4.90 Å². The van der Waals surface area contributed by atoms with Crippen LogP contribution >= 0.6 is 15.9 Å². The van der Waals surface area contributed by atoms with Gasteiger partial charge in [-0.1, -0.05) is 22.9 Å². The van der Waals surface area contributed by atoms with Crippen molar-refractivity contribution in [2.24, 2.45) is 5.92 Å². The second kappa shape index (κ2) is 3.70. The van der Waals surface area contributed by atoms with Crippen molar-refractivity contribution < 1.29 is 0 Å². The van der Waals surface area contributed by atoms with E-state index in [2.05, 4.69) is 37.7 Å². The highest BCUT2D eigenvalue weighted by Crippen LogP contribution is 2.23. The fraction of sp³-hybridized carbons (Fsp3) is 0.333. The molecule has 82 valence electrons. The first kappa shape index (κ1) is 10.0. The van der Waals surface area contributed by atoms with Gasteiger partial charge in [-0.2, -0.15) is 0 Å². The Morgan fingerprint density at radius 2 is 2.19 bits per heavy atom. The average molecular weight is 278 g/mol. The second-order valence-corrected chi connectivity index (χ2v) is 5.30. The van der Waals surface area contributed by atoms with Crippen LogP contribution in [0.4, 0.5) is 5.95 Å². The molecule has 0 spiro atoms. The summed E-state index contributed by atoms with van der Waals surface area (Å²) in [4.78, 5) is 11.2. The summed E-state index contributed by atoms with van der Waals surface area (Å²) in [6.07, 6.45) is 1.89. The highest BCUT2D eigenvalue weighted by Gasteiger charge is 2.24. The molecule has 1 fully saturated rings. The lowest BCUT2D eigenvalue weighted by molar-refractivity contribution is 0.439. The Balaban J connectivity index is 2.00. The highest BCUT2D eigenvalue weighted by molar-refractivity contribution is 9.10. The van der Waals surface area contributed by atoms with Crippen molar-refractivity contribution in [2.45, 2.75) is 6.92 Å². The predicted octanol–water partition coefficient (Wildman–Crippen LogP) is 2.85. The number of nitrogens with zero attached hydrogens (tertiary/aromatic N) is 3. The van der Waals surface area contributed by atoms with Gasteiger partial charge < -0.3 is 4.90 Å². The number of aromatic nitrogens is 2. The number of hydrogen-bond donors (Lipinski definition) is 0. The van der Waals surface area contributed by atoms with Gasteiger partial charge >= 0.3 is 0 Å². The van der Waals surface area contributed by atoms with Crippen molar-refractivity contribution in [2.75, 3.05) is 18.0 Å². The SMILES string of the molecule is CC1CN(c2ncc3cc(Br)ccc3n2)C1. The summed E-state index contributed by atoms with van der Waals surface area (Å²) < 4.78 is 1.06. The van der Waals surface area contributed by atoms with Gasteiger partial charge in [-0.3, -0.25) is 0 Å². The van der Waals surface area contributed by atoms with Crippen LogP contribution in [0.2, 0.25) is 0 Å². The molecule has 0 atom stereocenters. The van der Waals surface area contributed by atoms with Crippen LogP contribution in [-0.4, -0.2) is 23.1 Å². The van der Waals surface area contributed by atoms with E-state index in [9.17, 15) is 0 Å². The number of anilines is 1. The van der Waals surface area contributed by atoms with Crippen LogP contribution in [0.15, 0.2) is 28.9 Å². The normalized spacial score (nSPS) is 16.5. The van der Waals surface area contributed by atoms with E-state index < -0.39 is 0 Å². The van der Waals surface area contributed by atoms with E-state index >= 15 is 0 Å². The molecule has 3 rings (SSSR count). The Morgan fingerprint density at radius 3 is 2.94 bits per heavy atom. The Kier molecular flexibility index (Phi) is 2.32. The molecule has 0 N–H and O–H groups in total. The minimum absolute atomic E-state index is 0.768. The van der Waals surface area contributed by atoms with E-state index in [1.54, 1.807) is 0 Å². The molecule has 4 heteroatoms. The number of benzene rings is 1. The number of halogens is 1. The molecule has 2 heterocycles. The lowest BCUT2D eigenvalue weighted by Gasteiger charge is -2.37. The molecule has 3 nitrogen and oxygen atoms in total. The molecule has 0 radical (unpaired) electrons. The Bertz CT molecular complexity index is 535. The van der Waals surface area contributed by atoms with Gasteiger partial charge in [-0.05, 0) is 24.1 Å². The maximum absolute atomic E-state index is 4.57. The largest absolute Gasteiger partial charge is 0.340 e. The van der Waals surface area contributed by atoms with Crippen LogP contribution in [0.1, 0.15) is 6.92 Å². The summed E-state index contributed by atoms with van der Waals surface area (Å²) in [5.41, 5.74) is 1.01. The maximum atomic E-state index is 4.57. The second-order valence-electron chi connectivity index (χ2n) is 4.38. The van der Waals surface area contributed by atoms with E-state index in [1.807, 2.05) is 24.4 Å². The average Bonchev–Trinajstić information content (AvgIpc) is 2.24. The van der Waals surface area contributed by atoms with Crippen LogP contribution in [0.25, 0.3) is 10.9 Å². The van der Waals surface area contributed by atoms with Gasteiger partial charge in [0, 0.05) is 29.1 Å². The van der Waals surface area contributed by atoms with Gasteiger partial charge in [0.05, 0.1) is 5.52 Å². The molecule has 1 aliphatic rings. The summed E-state index contributed by atoms with van der Waals surface area (Å²) in [5, 5.41) is 1.08. The van der Waals surface area contributed by atoms with Gasteiger partial charge in [-0.25, -0.2) is 9.97 Å². The quantitative estimate of drug-likeness (QED) is 0.803. The molecular formula is C12H12BrN3. The molecule has 1 aromatic carbocycles. The molecule has 16 heavy (non-hydrogen) atoms. The van der Waals surface area contributed by atoms with Gasteiger partial charge in [0.25, 0.3) is 0 Å². The standard InChI is InChI=1S/C12H12BrN3/c1-8-6-16(7-8)12-14-5-9-4-10(13)2-3-11(9)15-12/h2-5,8H,6-7H2,1H3. The fourth-order valence-corrected chi connectivity index (χ4v) is 2.39. The van der Waals surface area contributed by atoms with E-state index in [-0.39, 0.29) is 0 Å². The fourth-order valence-electron chi connectivity index (χ4n) is 2.01. The first-order valence-electron chi connectivity index (χ1n) is 5.39. The molecule has 2 aromatic rings. The van der Waals surface area contributed by atoms with Crippen molar-refractivity contribution in [3.05, 3.63) is 28.9 Å². The zero-order valence-electron chi connectivity index (χ0n) is 9.02. The topological polar surface area (TPSA) is 29.0 Å². The van der Waals surface area contributed by atoms with E-state index in [4.69, 9.17) is 0 Å². The van der Waals surface area contributed by atoms with Gasteiger partial charge in [0.1, 0.15) is 0 Å². The van der Waals surface area contributed by atoms with Crippen molar-refractivity contribution in [1.29, 1.82) is 0 Å². The van der Waals surface area contributed by atoms with Crippen LogP contribution in [-0.2, 0) is 0 Å². The summed E-state index contributed by atoms with van der Waals surface area (Å²) in [7, 11) is 0. The molecular weight excluding hydrogens is 266 g/mol. The lowest BCUT2D eigenvalue weighted by atomic mass is 10.0. The summed E-state index contributed by atoms with van der Waals surface area (Å²) in [6, 6.07) is 6.07. The molecule has 0 unspecified atom stereocenters. The van der Waals surface area contributed by atoms with Crippen molar-refractivity contribution in [3.63, 3.8) is 0 Å². The number of hydrogen-bond acceptors (Lipinski definition) is 3. The molecule has 0 amide bonds. The third-order valence-corrected chi connectivity index (χ3v) is 3.37. The molecule has 0 saturated carbocycles. The van der Waals surface area contributed by atoms with Crippen molar-refractivity contribution in [3.8, 4) is 0 Å². The minimum Gasteiger partial charge on any atom is -0.340 e. The number of fused-ring (bicyclic) bond motifs is 1. The zero-order valence-corrected chi connectivity index (χ0v) is 10.6. The highest BCUT2D eigenvalue weighted by atomic mass is 79.9. The van der Waals surface area contributed by atoms with Crippen molar-refractivity contribution >= 4 is 32.8 Å².